The Balaban J connectivity index is 1.79. The second kappa shape index (κ2) is 6.52. The first kappa shape index (κ1) is 16.1. The fraction of sp³-hybridized carbons (Fsp3) is 0.143. The summed E-state index contributed by atoms with van der Waals surface area (Å²) in [6.45, 7) is 1.85. The minimum atomic E-state index is 0.0431. The number of carbonyl (C=O) groups excluding carboxylic acids is 1. The number of hydrogen-bond donors (Lipinski definition) is 0. The normalized spacial score (nSPS) is 11.0. The molecule has 0 unspecified atom stereocenters. The summed E-state index contributed by atoms with van der Waals surface area (Å²) in [4.78, 5) is 21.0. The summed E-state index contributed by atoms with van der Waals surface area (Å²) in [6, 6.07) is 11.9. The highest BCUT2D eigenvalue weighted by molar-refractivity contribution is 5.99. The SMILES string of the molecule is CCC(=O)c1ccc2cncc(-c3ccc(-c4cnn(C)c4)cc3)c2n1. The number of pyridine rings is 2. The molecule has 0 aliphatic heterocycles. The van der Waals surface area contributed by atoms with Gasteiger partial charge in [0.25, 0.3) is 0 Å². The van der Waals surface area contributed by atoms with Gasteiger partial charge in [0.15, 0.2) is 5.78 Å². The summed E-state index contributed by atoms with van der Waals surface area (Å²) in [6.07, 6.45) is 7.85. The fourth-order valence-corrected chi connectivity index (χ4v) is 3.00. The molecule has 0 bridgehead atoms. The van der Waals surface area contributed by atoms with Crippen LogP contribution < -0.4 is 0 Å². The topological polar surface area (TPSA) is 60.7 Å². The maximum absolute atomic E-state index is 12.0. The Bertz CT molecular complexity index is 1100. The van der Waals surface area contributed by atoms with Gasteiger partial charge in [0.1, 0.15) is 5.69 Å². The van der Waals surface area contributed by atoms with Gasteiger partial charge in [-0.3, -0.25) is 14.5 Å². The Morgan fingerprint density at radius 1 is 0.962 bits per heavy atom. The van der Waals surface area contributed by atoms with Gasteiger partial charge in [-0.15, -0.1) is 0 Å². The van der Waals surface area contributed by atoms with E-state index in [1.165, 1.54) is 0 Å². The van der Waals surface area contributed by atoms with Crippen LogP contribution in [0.1, 0.15) is 23.8 Å². The minimum absolute atomic E-state index is 0.0431. The molecule has 4 rings (SSSR count). The third-order valence-electron chi connectivity index (χ3n) is 4.44. The van der Waals surface area contributed by atoms with E-state index in [0.29, 0.717) is 12.1 Å². The molecular formula is C21H18N4O. The summed E-state index contributed by atoms with van der Waals surface area (Å²) >= 11 is 0. The summed E-state index contributed by atoms with van der Waals surface area (Å²) in [5.41, 5.74) is 5.41. The van der Waals surface area contributed by atoms with Gasteiger partial charge in [0, 0.05) is 48.6 Å². The van der Waals surface area contributed by atoms with Crippen LogP contribution in [0.2, 0.25) is 0 Å². The van der Waals surface area contributed by atoms with E-state index in [1.807, 2.05) is 32.4 Å². The molecule has 5 heteroatoms. The maximum atomic E-state index is 12.0. The first-order chi connectivity index (χ1) is 12.7. The lowest BCUT2D eigenvalue weighted by Crippen LogP contribution is -2.01. The van der Waals surface area contributed by atoms with Crippen molar-refractivity contribution in [2.75, 3.05) is 0 Å². The highest BCUT2D eigenvalue weighted by Crippen LogP contribution is 2.29. The summed E-state index contributed by atoms with van der Waals surface area (Å²) < 4.78 is 1.79. The summed E-state index contributed by atoms with van der Waals surface area (Å²) in [7, 11) is 1.90. The van der Waals surface area contributed by atoms with E-state index < -0.39 is 0 Å². The number of fused-ring (bicyclic) bond motifs is 1. The number of ketones is 1. The summed E-state index contributed by atoms with van der Waals surface area (Å²) in [5, 5.41) is 5.14. The third-order valence-corrected chi connectivity index (χ3v) is 4.44. The van der Waals surface area contributed by atoms with Gasteiger partial charge >= 0.3 is 0 Å². The highest BCUT2D eigenvalue weighted by atomic mass is 16.1. The van der Waals surface area contributed by atoms with Gasteiger partial charge in [0.2, 0.25) is 0 Å². The lowest BCUT2D eigenvalue weighted by molar-refractivity contribution is 0.0984. The molecule has 0 N–H and O–H groups in total. The van der Waals surface area contributed by atoms with Crippen LogP contribution in [0.25, 0.3) is 33.2 Å². The molecule has 0 saturated carbocycles. The van der Waals surface area contributed by atoms with Crippen molar-refractivity contribution in [2.24, 2.45) is 7.05 Å². The number of carbonyl (C=O) groups is 1. The molecule has 5 nitrogen and oxygen atoms in total. The van der Waals surface area contributed by atoms with Gasteiger partial charge in [0.05, 0.1) is 11.7 Å². The molecule has 4 aromatic rings. The predicted octanol–water partition coefficient (Wildman–Crippen LogP) is 4.29. The van der Waals surface area contributed by atoms with Gasteiger partial charge in [-0.05, 0) is 23.3 Å². The van der Waals surface area contributed by atoms with Crippen molar-refractivity contribution in [3.05, 3.63) is 66.9 Å². The van der Waals surface area contributed by atoms with Crippen molar-refractivity contribution in [1.29, 1.82) is 0 Å². The fourth-order valence-electron chi connectivity index (χ4n) is 3.00. The van der Waals surface area contributed by atoms with Crippen molar-refractivity contribution in [3.8, 4) is 22.3 Å². The largest absolute Gasteiger partial charge is 0.292 e. The van der Waals surface area contributed by atoms with E-state index in [-0.39, 0.29) is 5.78 Å². The Hall–Kier alpha value is -3.34. The third kappa shape index (κ3) is 2.88. The molecule has 0 spiro atoms. The van der Waals surface area contributed by atoms with E-state index in [2.05, 4.69) is 39.3 Å². The van der Waals surface area contributed by atoms with Crippen LogP contribution in [0.4, 0.5) is 0 Å². The van der Waals surface area contributed by atoms with Crippen LogP contribution in [0.5, 0.6) is 0 Å². The Labute approximate surface area is 151 Å². The molecular weight excluding hydrogens is 324 g/mol. The quantitative estimate of drug-likeness (QED) is 0.519. The second-order valence-corrected chi connectivity index (χ2v) is 6.21. The number of aryl methyl sites for hydroxylation is 1. The average Bonchev–Trinajstić information content (AvgIpc) is 3.13. The maximum Gasteiger partial charge on any atom is 0.180 e. The smallest absolute Gasteiger partial charge is 0.180 e. The van der Waals surface area contributed by atoms with Crippen LogP contribution in [-0.2, 0) is 7.05 Å². The minimum Gasteiger partial charge on any atom is -0.292 e. The number of aromatic nitrogens is 4. The number of Topliss-reactive ketones (excluding diaryl/α,β-unsaturated/α-hetero) is 1. The van der Waals surface area contributed by atoms with Gasteiger partial charge in [-0.25, -0.2) is 4.98 Å². The molecule has 0 amide bonds. The zero-order chi connectivity index (χ0) is 18.1. The molecule has 1 aromatic carbocycles. The number of benzene rings is 1. The molecule has 0 aliphatic rings. The number of rotatable bonds is 4. The zero-order valence-corrected chi connectivity index (χ0v) is 14.7. The second-order valence-electron chi connectivity index (χ2n) is 6.21. The van der Waals surface area contributed by atoms with Crippen LogP contribution in [0.3, 0.4) is 0 Å². The van der Waals surface area contributed by atoms with Crippen molar-refractivity contribution in [1.82, 2.24) is 19.7 Å². The molecule has 0 atom stereocenters. The predicted molar refractivity (Wildman–Crippen MR) is 102 cm³/mol. The molecule has 128 valence electrons. The lowest BCUT2D eigenvalue weighted by atomic mass is 10.0. The Kier molecular flexibility index (Phi) is 4.05. The van der Waals surface area contributed by atoms with E-state index in [4.69, 9.17) is 0 Å². The van der Waals surface area contributed by atoms with Gasteiger partial charge in [-0.1, -0.05) is 31.2 Å². The van der Waals surface area contributed by atoms with E-state index in [0.717, 1.165) is 33.2 Å². The average molecular weight is 342 g/mol. The van der Waals surface area contributed by atoms with Crippen LogP contribution in [0.15, 0.2) is 61.2 Å². The highest BCUT2D eigenvalue weighted by Gasteiger charge is 2.11. The zero-order valence-electron chi connectivity index (χ0n) is 14.7. The number of nitrogens with zero attached hydrogens (tertiary/aromatic N) is 4. The van der Waals surface area contributed by atoms with Crippen LogP contribution >= 0.6 is 0 Å². The van der Waals surface area contributed by atoms with Crippen molar-refractivity contribution < 1.29 is 4.79 Å². The van der Waals surface area contributed by atoms with Crippen LogP contribution in [0, 0.1) is 0 Å². The standard InChI is InChI=1S/C21H18N4O/c1-3-20(26)19-9-8-16-10-22-12-18(21(16)24-19)15-6-4-14(5-7-15)17-11-23-25(2)13-17/h4-13H,3H2,1-2H3. The molecule has 0 aliphatic carbocycles. The Morgan fingerprint density at radius 3 is 2.42 bits per heavy atom. The van der Waals surface area contributed by atoms with Gasteiger partial charge in [-0.2, -0.15) is 5.10 Å². The summed E-state index contributed by atoms with van der Waals surface area (Å²) in [5.74, 6) is 0.0431. The molecule has 3 aromatic heterocycles. The number of hydrogen-bond acceptors (Lipinski definition) is 4. The molecule has 26 heavy (non-hydrogen) atoms. The van der Waals surface area contributed by atoms with Crippen molar-refractivity contribution in [3.63, 3.8) is 0 Å². The van der Waals surface area contributed by atoms with E-state index >= 15 is 0 Å². The molecule has 0 fully saturated rings. The first-order valence-corrected chi connectivity index (χ1v) is 8.53. The van der Waals surface area contributed by atoms with Gasteiger partial charge < -0.3 is 0 Å². The molecule has 0 saturated heterocycles. The van der Waals surface area contributed by atoms with Crippen molar-refractivity contribution >= 4 is 16.7 Å². The Morgan fingerprint density at radius 2 is 1.73 bits per heavy atom. The van der Waals surface area contributed by atoms with Crippen molar-refractivity contribution in [2.45, 2.75) is 13.3 Å². The molecule has 3 heterocycles. The monoisotopic (exact) mass is 342 g/mol. The van der Waals surface area contributed by atoms with E-state index in [9.17, 15) is 4.79 Å². The molecule has 0 radical (unpaired) electrons. The van der Waals surface area contributed by atoms with Crippen LogP contribution in [-0.4, -0.2) is 25.5 Å². The van der Waals surface area contributed by atoms with E-state index in [1.54, 1.807) is 23.1 Å². The first-order valence-electron chi connectivity index (χ1n) is 8.53. The lowest BCUT2D eigenvalue weighted by Gasteiger charge is -2.08.